The number of nitrogens with one attached hydrogen (secondary N) is 1. The van der Waals surface area contributed by atoms with Gasteiger partial charge in [-0.1, -0.05) is 12.1 Å². The van der Waals surface area contributed by atoms with E-state index in [0.29, 0.717) is 31.3 Å². The SMILES string of the molecule is Cc1sc(NC(=O)c2ccco2)c([C@@H](c2ccc(C(F)(F)F)cc2)N2CCOCC2)c1C. The van der Waals surface area contributed by atoms with Crippen molar-refractivity contribution in [3.63, 3.8) is 0 Å². The normalized spacial score (nSPS) is 16.2. The average molecular weight is 465 g/mol. The van der Waals surface area contributed by atoms with Crippen LogP contribution in [0.1, 0.15) is 43.7 Å². The summed E-state index contributed by atoms with van der Waals surface area (Å²) in [6.07, 6.45) is -2.97. The van der Waals surface area contributed by atoms with Gasteiger partial charge in [0.2, 0.25) is 0 Å². The minimum Gasteiger partial charge on any atom is -0.459 e. The first-order valence-corrected chi connectivity index (χ1v) is 11.0. The van der Waals surface area contributed by atoms with Gasteiger partial charge in [0, 0.05) is 23.5 Å². The molecular formula is C23H23F3N2O3S. The lowest BCUT2D eigenvalue weighted by Gasteiger charge is -2.35. The fraction of sp³-hybridized carbons (Fsp3) is 0.348. The highest BCUT2D eigenvalue weighted by Crippen LogP contribution is 2.43. The minimum absolute atomic E-state index is 0.192. The zero-order valence-corrected chi connectivity index (χ0v) is 18.5. The molecule has 1 amide bonds. The molecule has 9 heteroatoms. The minimum atomic E-state index is -4.40. The third-order valence-corrected chi connectivity index (χ3v) is 6.78. The number of hydrogen-bond acceptors (Lipinski definition) is 5. The van der Waals surface area contributed by atoms with E-state index in [0.717, 1.165) is 33.7 Å². The van der Waals surface area contributed by atoms with Gasteiger partial charge in [0.05, 0.1) is 31.1 Å². The summed E-state index contributed by atoms with van der Waals surface area (Å²) in [5.74, 6) is -0.178. The molecule has 1 atom stereocenters. The van der Waals surface area contributed by atoms with Crippen molar-refractivity contribution in [1.29, 1.82) is 0 Å². The van der Waals surface area contributed by atoms with E-state index in [-0.39, 0.29) is 17.7 Å². The summed E-state index contributed by atoms with van der Waals surface area (Å²) in [7, 11) is 0. The largest absolute Gasteiger partial charge is 0.459 e. The highest BCUT2D eigenvalue weighted by molar-refractivity contribution is 7.16. The van der Waals surface area contributed by atoms with Gasteiger partial charge in [-0.15, -0.1) is 11.3 Å². The maximum absolute atomic E-state index is 13.1. The lowest BCUT2D eigenvalue weighted by Crippen LogP contribution is -2.40. The molecule has 3 aromatic rings. The molecular weight excluding hydrogens is 441 g/mol. The van der Waals surface area contributed by atoms with Crippen LogP contribution < -0.4 is 5.32 Å². The van der Waals surface area contributed by atoms with Crippen LogP contribution in [-0.2, 0) is 10.9 Å². The molecule has 1 aliphatic rings. The van der Waals surface area contributed by atoms with E-state index >= 15 is 0 Å². The molecule has 32 heavy (non-hydrogen) atoms. The van der Waals surface area contributed by atoms with E-state index in [2.05, 4.69) is 10.2 Å². The van der Waals surface area contributed by atoms with Crippen molar-refractivity contribution >= 4 is 22.2 Å². The number of hydrogen-bond donors (Lipinski definition) is 1. The van der Waals surface area contributed by atoms with Crippen LogP contribution in [-0.4, -0.2) is 37.1 Å². The monoisotopic (exact) mass is 464 g/mol. The van der Waals surface area contributed by atoms with E-state index in [1.54, 1.807) is 12.1 Å². The van der Waals surface area contributed by atoms with E-state index in [4.69, 9.17) is 9.15 Å². The Balaban J connectivity index is 1.77. The molecule has 0 unspecified atom stereocenters. The molecule has 0 radical (unpaired) electrons. The van der Waals surface area contributed by atoms with Crippen molar-refractivity contribution in [2.45, 2.75) is 26.1 Å². The maximum atomic E-state index is 13.1. The molecule has 1 aromatic carbocycles. The Morgan fingerprint density at radius 3 is 2.41 bits per heavy atom. The van der Waals surface area contributed by atoms with Crippen molar-refractivity contribution in [3.05, 3.63) is 75.6 Å². The number of carbonyl (C=O) groups is 1. The molecule has 0 spiro atoms. The van der Waals surface area contributed by atoms with Gasteiger partial charge in [-0.25, -0.2) is 0 Å². The van der Waals surface area contributed by atoms with Crippen LogP contribution in [0.5, 0.6) is 0 Å². The lowest BCUT2D eigenvalue weighted by molar-refractivity contribution is -0.137. The molecule has 1 saturated heterocycles. The summed E-state index contributed by atoms with van der Waals surface area (Å²) in [6.45, 7) is 6.27. The predicted molar refractivity (Wildman–Crippen MR) is 116 cm³/mol. The fourth-order valence-electron chi connectivity index (χ4n) is 3.89. The number of amides is 1. The van der Waals surface area contributed by atoms with Crippen molar-refractivity contribution in [3.8, 4) is 0 Å². The Hall–Kier alpha value is -2.62. The highest BCUT2D eigenvalue weighted by Gasteiger charge is 2.33. The van der Waals surface area contributed by atoms with Gasteiger partial charge in [-0.2, -0.15) is 13.2 Å². The first-order valence-electron chi connectivity index (χ1n) is 10.2. The lowest BCUT2D eigenvalue weighted by atomic mass is 9.93. The zero-order valence-electron chi connectivity index (χ0n) is 17.7. The van der Waals surface area contributed by atoms with Gasteiger partial charge < -0.3 is 14.5 Å². The summed E-state index contributed by atoms with van der Waals surface area (Å²) in [4.78, 5) is 15.9. The number of carbonyl (C=O) groups excluding carboxylic acids is 1. The van der Waals surface area contributed by atoms with Crippen molar-refractivity contribution in [2.24, 2.45) is 0 Å². The quantitative estimate of drug-likeness (QED) is 0.530. The summed E-state index contributed by atoms with van der Waals surface area (Å²) < 4.78 is 50.1. The smallest absolute Gasteiger partial charge is 0.416 e. The third kappa shape index (κ3) is 4.60. The first kappa shape index (κ1) is 22.6. The molecule has 2 aromatic heterocycles. The zero-order chi connectivity index (χ0) is 22.9. The fourth-order valence-corrected chi connectivity index (χ4v) is 4.98. The topological polar surface area (TPSA) is 54.7 Å². The number of ether oxygens (including phenoxy) is 1. The number of rotatable bonds is 5. The molecule has 170 valence electrons. The summed E-state index contributed by atoms with van der Waals surface area (Å²) in [6, 6.07) is 8.16. The second-order valence-electron chi connectivity index (χ2n) is 7.63. The van der Waals surface area contributed by atoms with Gasteiger partial charge in [-0.05, 0) is 49.2 Å². The molecule has 1 N–H and O–H groups in total. The summed E-state index contributed by atoms with van der Waals surface area (Å²) in [5, 5.41) is 3.61. The van der Waals surface area contributed by atoms with Gasteiger partial charge in [0.1, 0.15) is 5.00 Å². The van der Waals surface area contributed by atoms with Crippen LogP contribution in [0, 0.1) is 13.8 Å². The Labute approximate surface area is 187 Å². The Bertz CT molecular complexity index is 1070. The molecule has 0 aliphatic carbocycles. The molecule has 4 rings (SSSR count). The average Bonchev–Trinajstić information content (AvgIpc) is 3.39. The van der Waals surface area contributed by atoms with E-state index in [1.165, 1.54) is 29.7 Å². The van der Waals surface area contributed by atoms with E-state index < -0.39 is 11.7 Å². The number of benzene rings is 1. The maximum Gasteiger partial charge on any atom is 0.416 e. The van der Waals surface area contributed by atoms with Gasteiger partial charge in [-0.3, -0.25) is 9.69 Å². The van der Waals surface area contributed by atoms with E-state index in [1.807, 2.05) is 13.8 Å². The van der Waals surface area contributed by atoms with Crippen LogP contribution in [0.2, 0.25) is 0 Å². The van der Waals surface area contributed by atoms with Crippen LogP contribution in [0.25, 0.3) is 0 Å². The molecule has 3 heterocycles. The molecule has 0 bridgehead atoms. The van der Waals surface area contributed by atoms with Crippen molar-refractivity contribution < 1.29 is 27.1 Å². The second-order valence-corrected chi connectivity index (χ2v) is 8.85. The Morgan fingerprint density at radius 1 is 1.12 bits per heavy atom. The van der Waals surface area contributed by atoms with E-state index in [9.17, 15) is 18.0 Å². The standard InChI is InChI=1S/C23H23F3N2O3S/c1-14-15(2)32-22(27-21(29)18-4-3-11-31-18)19(14)20(28-9-12-30-13-10-28)16-5-7-17(8-6-16)23(24,25)26/h3-8,11,20H,9-10,12-13H2,1-2H3,(H,27,29)/t20-/m1/s1. The summed E-state index contributed by atoms with van der Waals surface area (Å²) in [5.41, 5.74) is 1.93. The van der Waals surface area contributed by atoms with Crippen LogP contribution >= 0.6 is 11.3 Å². The molecule has 1 fully saturated rings. The number of morpholine rings is 1. The third-order valence-electron chi connectivity index (χ3n) is 5.64. The number of alkyl halides is 3. The predicted octanol–water partition coefficient (Wildman–Crippen LogP) is 5.65. The number of nitrogens with zero attached hydrogens (tertiary/aromatic N) is 1. The van der Waals surface area contributed by atoms with Gasteiger partial charge >= 0.3 is 6.18 Å². The summed E-state index contributed by atoms with van der Waals surface area (Å²) >= 11 is 1.45. The number of anilines is 1. The Morgan fingerprint density at radius 2 is 1.81 bits per heavy atom. The van der Waals surface area contributed by atoms with Crippen molar-refractivity contribution in [1.82, 2.24) is 4.90 Å². The number of aryl methyl sites for hydroxylation is 1. The van der Waals surface area contributed by atoms with Gasteiger partial charge in [0.15, 0.2) is 5.76 Å². The molecule has 0 saturated carbocycles. The number of halogens is 3. The molecule has 1 aliphatic heterocycles. The molecule has 5 nitrogen and oxygen atoms in total. The van der Waals surface area contributed by atoms with Crippen LogP contribution in [0.3, 0.4) is 0 Å². The van der Waals surface area contributed by atoms with Crippen LogP contribution in [0.15, 0.2) is 47.1 Å². The number of furan rings is 1. The highest BCUT2D eigenvalue weighted by atomic mass is 32.1. The second kappa shape index (κ2) is 9.09. The number of thiophene rings is 1. The van der Waals surface area contributed by atoms with Crippen LogP contribution in [0.4, 0.5) is 18.2 Å². The van der Waals surface area contributed by atoms with Gasteiger partial charge in [0.25, 0.3) is 5.91 Å². The van der Waals surface area contributed by atoms with Crippen molar-refractivity contribution in [2.75, 3.05) is 31.6 Å². The first-order chi connectivity index (χ1) is 15.3. The Kier molecular flexibility index (Phi) is 6.41.